The number of carbonyl (C=O) groups is 1. The van der Waals surface area contributed by atoms with E-state index in [2.05, 4.69) is 5.32 Å². The van der Waals surface area contributed by atoms with Gasteiger partial charge in [0.1, 0.15) is 5.82 Å². The molecule has 0 aliphatic carbocycles. The van der Waals surface area contributed by atoms with E-state index in [1.165, 1.54) is 12.1 Å². The summed E-state index contributed by atoms with van der Waals surface area (Å²) < 4.78 is 13.0. The van der Waals surface area contributed by atoms with Crippen LogP contribution in [0.3, 0.4) is 0 Å². The molecular formula is C11H12FNO2. The third-order valence-electron chi connectivity index (χ3n) is 2.67. The Morgan fingerprint density at radius 2 is 2.40 bits per heavy atom. The summed E-state index contributed by atoms with van der Waals surface area (Å²) >= 11 is 0. The molecule has 0 saturated heterocycles. The Hall–Kier alpha value is -1.42. The summed E-state index contributed by atoms with van der Waals surface area (Å²) in [7, 11) is 0. The van der Waals surface area contributed by atoms with Crippen LogP contribution in [-0.2, 0) is 11.3 Å². The van der Waals surface area contributed by atoms with Gasteiger partial charge in [0.2, 0.25) is 0 Å². The standard InChI is InChI=1S/C11H12FNO2/c12-9-2-1-7-5-13-6-8(3-11(14)15)10(7)4-9/h1-2,4,8,13H,3,5-6H2,(H,14,15). The van der Waals surface area contributed by atoms with Crippen molar-refractivity contribution in [3.8, 4) is 0 Å². The van der Waals surface area contributed by atoms with Gasteiger partial charge in [-0.3, -0.25) is 4.79 Å². The Morgan fingerprint density at radius 3 is 3.13 bits per heavy atom. The van der Waals surface area contributed by atoms with Gasteiger partial charge in [-0.1, -0.05) is 6.07 Å². The van der Waals surface area contributed by atoms with E-state index in [-0.39, 0.29) is 18.2 Å². The maximum absolute atomic E-state index is 13.0. The van der Waals surface area contributed by atoms with Crippen LogP contribution in [0.5, 0.6) is 0 Å². The summed E-state index contributed by atoms with van der Waals surface area (Å²) in [6.07, 6.45) is 0.0451. The molecule has 3 nitrogen and oxygen atoms in total. The summed E-state index contributed by atoms with van der Waals surface area (Å²) in [4.78, 5) is 10.6. The van der Waals surface area contributed by atoms with Crippen LogP contribution in [-0.4, -0.2) is 17.6 Å². The molecule has 2 N–H and O–H groups in total. The summed E-state index contributed by atoms with van der Waals surface area (Å²) in [5, 5.41) is 11.9. The van der Waals surface area contributed by atoms with Gasteiger partial charge in [0.05, 0.1) is 6.42 Å². The average molecular weight is 209 g/mol. The Bertz CT molecular complexity index is 392. The first-order valence-corrected chi connectivity index (χ1v) is 4.87. The van der Waals surface area contributed by atoms with Gasteiger partial charge in [-0.05, 0) is 23.3 Å². The highest BCUT2D eigenvalue weighted by Gasteiger charge is 2.22. The second-order valence-electron chi connectivity index (χ2n) is 3.77. The molecule has 1 unspecified atom stereocenters. The molecule has 0 radical (unpaired) electrons. The molecule has 80 valence electrons. The largest absolute Gasteiger partial charge is 0.481 e. The predicted octanol–water partition coefficient (Wildman–Crippen LogP) is 1.49. The molecule has 1 aromatic carbocycles. The Labute approximate surface area is 86.9 Å². The van der Waals surface area contributed by atoms with Gasteiger partial charge in [-0.15, -0.1) is 0 Å². The molecule has 1 aliphatic rings. The SMILES string of the molecule is O=C(O)CC1CNCc2ccc(F)cc21. The molecule has 0 amide bonds. The first kappa shape index (κ1) is 10.1. The number of halogens is 1. The number of hydrogen-bond donors (Lipinski definition) is 2. The summed E-state index contributed by atoms with van der Waals surface area (Å²) in [6, 6.07) is 4.57. The fraction of sp³-hybridized carbons (Fsp3) is 0.364. The van der Waals surface area contributed by atoms with Crippen molar-refractivity contribution in [3.05, 3.63) is 35.1 Å². The average Bonchev–Trinajstić information content (AvgIpc) is 2.18. The fourth-order valence-corrected chi connectivity index (χ4v) is 1.99. The lowest BCUT2D eigenvalue weighted by molar-refractivity contribution is -0.137. The van der Waals surface area contributed by atoms with Crippen LogP contribution >= 0.6 is 0 Å². The maximum atomic E-state index is 13.0. The molecule has 15 heavy (non-hydrogen) atoms. The normalized spacial score (nSPS) is 19.7. The lowest BCUT2D eigenvalue weighted by Gasteiger charge is -2.25. The molecule has 0 spiro atoms. The number of fused-ring (bicyclic) bond motifs is 1. The highest BCUT2D eigenvalue weighted by atomic mass is 19.1. The van der Waals surface area contributed by atoms with E-state index in [0.29, 0.717) is 13.1 Å². The molecular weight excluding hydrogens is 197 g/mol. The number of carboxylic acid groups (broad SMARTS) is 1. The van der Waals surface area contributed by atoms with E-state index >= 15 is 0 Å². The van der Waals surface area contributed by atoms with Gasteiger partial charge in [-0.25, -0.2) is 4.39 Å². The van der Waals surface area contributed by atoms with E-state index in [0.717, 1.165) is 11.1 Å². The van der Waals surface area contributed by atoms with Crippen molar-refractivity contribution >= 4 is 5.97 Å². The van der Waals surface area contributed by atoms with Gasteiger partial charge < -0.3 is 10.4 Å². The minimum absolute atomic E-state index is 0.0451. The van der Waals surface area contributed by atoms with Crippen LogP contribution in [0, 0.1) is 5.82 Å². The zero-order valence-electron chi connectivity index (χ0n) is 8.16. The number of nitrogens with one attached hydrogen (secondary N) is 1. The fourth-order valence-electron chi connectivity index (χ4n) is 1.99. The second-order valence-corrected chi connectivity index (χ2v) is 3.77. The first-order valence-electron chi connectivity index (χ1n) is 4.87. The van der Waals surface area contributed by atoms with Crippen LogP contribution in [0.4, 0.5) is 4.39 Å². The number of hydrogen-bond acceptors (Lipinski definition) is 2. The van der Waals surface area contributed by atoms with Crippen molar-refractivity contribution < 1.29 is 14.3 Å². The molecule has 0 bridgehead atoms. The van der Waals surface area contributed by atoms with E-state index in [4.69, 9.17) is 5.11 Å². The molecule has 1 aromatic rings. The zero-order chi connectivity index (χ0) is 10.8. The van der Waals surface area contributed by atoms with Crippen molar-refractivity contribution in [2.75, 3.05) is 6.54 Å². The smallest absolute Gasteiger partial charge is 0.304 e. The van der Waals surface area contributed by atoms with E-state index < -0.39 is 5.97 Å². The van der Waals surface area contributed by atoms with Crippen LogP contribution < -0.4 is 5.32 Å². The van der Waals surface area contributed by atoms with Crippen LogP contribution in [0.15, 0.2) is 18.2 Å². The van der Waals surface area contributed by atoms with Crippen molar-refractivity contribution in [1.82, 2.24) is 5.32 Å². The molecule has 1 heterocycles. The lowest BCUT2D eigenvalue weighted by atomic mass is 9.88. The maximum Gasteiger partial charge on any atom is 0.304 e. The van der Waals surface area contributed by atoms with Crippen molar-refractivity contribution in [2.24, 2.45) is 0 Å². The predicted molar refractivity (Wildman–Crippen MR) is 53.1 cm³/mol. The van der Waals surface area contributed by atoms with Gasteiger partial charge >= 0.3 is 5.97 Å². The third kappa shape index (κ3) is 2.15. The van der Waals surface area contributed by atoms with E-state index in [1.54, 1.807) is 6.07 Å². The van der Waals surface area contributed by atoms with Gasteiger partial charge in [0.25, 0.3) is 0 Å². The van der Waals surface area contributed by atoms with E-state index in [9.17, 15) is 9.18 Å². The molecule has 1 aliphatic heterocycles. The minimum atomic E-state index is -0.848. The molecule has 4 heteroatoms. The molecule has 0 aromatic heterocycles. The topological polar surface area (TPSA) is 49.3 Å². The lowest BCUT2D eigenvalue weighted by Crippen LogP contribution is -2.29. The Morgan fingerprint density at radius 1 is 1.60 bits per heavy atom. The monoisotopic (exact) mass is 209 g/mol. The quantitative estimate of drug-likeness (QED) is 0.775. The van der Waals surface area contributed by atoms with Crippen LogP contribution in [0.1, 0.15) is 23.5 Å². The number of rotatable bonds is 2. The highest BCUT2D eigenvalue weighted by molar-refractivity contribution is 5.68. The second kappa shape index (κ2) is 3.98. The van der Waals surface area contributed by atoms with Gasteiger partial charge in [-0.2, -0.15) is 0 Å². The molecule has 0 saturated carbocycles. The molecule has 1 atom stereocenters. The number of benzene rings is 1. The van der Waals surface area contributed by atoms with Crippen LogP contribution in [0.2, 0.25) is 0 Å². The highest BCUT2D eigenvalue weighted by Crippen LogP contribution is 2.27. The summed E-state index contributed by atoms with van der Waals surface area (Å²) in [6.45, 7) is 1.29. The summed E-state index contributed by atoms with van der Waals surface area (Å²) in [5.74, 6) is -1.27. The Balaban J connectivity index is 2.32. The Kier molecular flexibility index (Phi) is 2.68. The number of aliphatic carboxylic acids is 1. The van der Waals surface area contributed by atoms with Crippen molar-refractivity contribution in [2.45, 2.75) is 18.9 Å². The first-order chi connectivity index (χ1) is 7.16. The molecule has 0 fully saturated rings. The van der Waals surface area contributed by atoms with Gasteiger partial charge in [0, 0.05) is 19.0 Å². The minimum Gasteiger partial charge on any atom is -0.481 e. The third-order valence-corrected chi connectivity index (χ3v) is 2.67. The van der Waals surface area contributed by atoms with Crippen LogP contribution in [0.25, 0.3) is 0 Å². The number of carboxylic acids is 1. The zero-order valence-corrected chi connectivity index (χ0v) is 8.16. The summed E-state index contributed by atoms with van der Waals surface area (Å²) in [5.41, 5.74) is 1.82. The van der Waals surface area contributed by atoms with Crippen molar-refractivity contribution in [3.63, 3.8) is 0 Å². The van der Waals surface area contributed by atoms with Gasteiger partial charge in [0.15, 0.2) is 0 Å². The molecule has 2 rings (SSSR count). The van der Waals surface area contributed by atoms with E-state index in [1.807, 2.05) is 0 Å². The van der Waals surface area contributed by atoms with Crippen molar-refractivity contribution in [1.29, 1.82) is 0 Å².